The van der Waals surface area contributed by atoms with Gasteiger partial charge in [-0.2, -0.15) is 0 Å². The number of pyridine rings is 1. The molecular weight excluding hydrogens is 198 g/mol. The van der Waals surface area contributed by atoms with E-state index in [1.54, 1.807) is 0 Å². The number of rotatable bonds is 1. The summed E-state index contributed by atoms with van der Waals surface area (Å²) in [6.07, 6.45) is 2.77. The molecule has 0 N–H and O–H groups in total. The predicted octanol–water partition coefficient (Wildman–Crippen LogP) is 3.77. The molecule has 1 aliphatic heterocycles. The third-order valence-electron chi connectivity index (χ3n) is 3.08. The lowest BCUT2D eigenvalue weighted by atomic mass is 10.0. The summed E-state index contributed by atoms with van der Waals surface area (Å²) in [6.45, 7) is 4.18. The molecule has 0 unspecified atom stereocenters. The van der Waals surface area contributed by atoms with Gasteiger partial charge in [-0.05, 0) is 24.4 Å². The fourth-order valence-electron chi connectivity index (χ4n) is 2.25. The van der Waals surface area contributed by atoms with Crippen molar-refractivity contribution >= 4 is 16.3 Å². The number of nitrogens with zero attached hydrogens (tertiary/aromatic N) is 1. The second kappa shape index (κ2) is 3.34. The first-order valence-corrected chi connectivity index (χ1v) is 5.57. The van der Waals surface area contributed by atoms with Crippen molar-refractivity contribution in [2.45, 2.75) is 20.3 Å². The fraction of sp³-hybridized carbons (Fsp3) is 0.214. The van der Waals surface area contributed by atoms with Crippen LogP contribution in [0, 0.1) is 0 Å². The lowest BCUT2D eigenvalue weighted by molar-refractivity contribution is 0.412. The summed E-state index contributed by atoms with van der Waals surface area (Å²) in [4.78, 5) is 4.48. The Morgan fingerprint density at radius 2 is 2.12 bits per heavy atom. The van der Waals surface area contributed by atoms with E-state index in [0.29, 0.717) is 0 Å². The van der Waals surface area contributed by atoms with Crippen LogP contribution >= 0.6 is 0 Å². The molecule has 2 heteroatoms. The average molecular weight is 211 g/mol. The van der Waals surface area contributed by atoms with Crippen molar-refractivity contribution in [1.82, 2.24) is 4.98 Å². The lowest BCUT2D eigenvalue weighted by Crippen LogP contribution is -2.05. The van der Waals surface area contributed by atoms with Crippen LogP contribution in [-0.2, 0) is 0 Å². The summed E-state index contributed by atoms with van der Waals surface area (Å²) in [5, 5.41) is 2.33. The van der Waals surface area contributed by atoms with E-state index in [9.17, 15) is 0 Å². The highest BCUT2D eigenvalue weighted by Gasteiger charge is 2.19. The van der Waals surface area contributed by atoms with Crippen LogP contribution in [0.2, 0.25) is 0 Å². The highest BCUT2D eigenvalue weighted by atomic mass is 16.5. The van der Waals surface area contributed by atoms with Gasteiger partial charge in [0.2, 0.25) is 0 Å². The van der Waals surface area contributed by atoms with Crippen LogP contribution in [0.15, 0.2) is 36.2 Å². The van der Waals surface area contributed by atoms with Gasteiger partial charge in [-0.3, -0.25) is 4.98 Å². The van der Waals surface area contributed by atoms with Gasteiger partial charge in [0.05, 0.1) is 11.1 Å². The van der Waals surface area contributed by atoms with E-state index in [1.165, 1.54) is 5.39 Å². The topological polar surface area (TPSA) is 22.1 Å². The summed E-state index contributed by atoms with van der Waals surface area (Å²) in [5.41, 5.74) is 2.23. The van der Waals surface area contributed by atoms with Crippen molar-refractivity contribution in [1.29, 1.82) is 0 Å². The van der Waals surface area contributed by atoms with Crippen molar-refractivity contribution in [2.75, 3.05) is 0 Å². The first-order chi connectivity index (χ1) is 7.81. The molecule has 2 heterocycles. The summed E-state index contributed by atoms with van der Waals surface area (Å²) < 4.78 is 5.91. The van der Waals surface area contributed by atoms with Crippen LogP contribution in [0.1, 0.15) is 26.0 Å². The number of benzene rings is 1. The Balaban J connectivity index is 2.42. The van der Waals surface area contributed by atoms with Crippen LogP contribution < -0.4 is 4.74 Å². The Bertz CT molecular complexity index is 593. The third-order valence-corrected chi connectivity index (χ3v) is 3.08. The third kappa shape index (κ3) is 1.16. The van der Waals surface area contributed by atoms with Crippen LogP contribution in [0.4, 0.5) is 0 Å². The number of ether oxygens (including phenoxy) is 1. The van der Waals surface area contributed by atoms with Gasteiger partial charge >= 0.3 is 0 Å². The highest BCUT2D eigenvalue weighted by Crippen LogP contribution is 2.38. The van der Waals surface area contributed by atoms with Crippen molar-refractivity contribution in [3.8, 4) is 5.75 Å². The first kappa shape index (κ1) is 9.40. The maximum Gasteiger partial charge on any atom is 0.136 e. The van der Waals surface area contributed by atoms with Crippen LogP contribution in [-0.4, -0.2) is 4.98 Å². The molecule has 1 aromatic heterocycles. The molecule has 0 fully saturated rings. The largest absolute Gasteiger partial charge is 0.461 e. The molecule has 2 nitrogen and oxygen atoms in total. The highest BCUT2D eigenvalue weighted by molar-refractivity contribution is 5.98. The quantitative estimate of drug-likeness (QED) is 0.716. The van der Waals surface area contributed by atoms with Gasteiger partial charge in [0.1, 0.15) is 11.5 Å². The molecule has 0 atom stereocenters. The summed E-state index contributed by atoms with van der Waals surface area (Å²) in [5.74, 6) is 1.96. The molecule has 2 aromatic rings. The van der Waals surface area contributed by atoms with E-state index in [2.05, 4.69) is 24.9 Å². The molecule has 3 rings (SSSR count). The summed E-state index contributed by atoms with van der Waals surface area (Å²) in [6, 6.07) is 8.15. The zero-order chi connectivity index (χ0) is 11.1. The molecule has 1 aliphatic rings. The van der Waals surface area contributed by atoms with Crippen LogP contribution in [0.3, 0.4) is 0 Å². The van der Waals surface area contributed by atoms with Gasteiger partial charge in [0.15, 0.2) is 0 Å². The molecule has 0 saturated carbocycles. The Hall–Kier alpha value is -1.83. The number of hydrogen-bond donors (Lipinski definition) is 0. The molecule has 0 bridgehead atoms. The van der Waals surface area contributed by atoms with Crippen molar-refractivity contribution in [3.63, 3.8) is 0 Å². The van der Waals surface area contributed by atoms with Crippen molar-refractivity contribution < 1.29 is 4.74 Å². The SMILES string of the molecule is CCC1=C(C)c2nccc3cccc(c23)O1. The number of aromatic nitrogens is 1. The van der Waals surface area contributed by atoms with E-state index < -0.39 is 0 Å². The maximum atomic E-state index is 5.91. The Labute approximate surface area is 94.6 Å². The Morgan fingerprint density at radius 1 is 1.25 bits per heavy atom. The minimum absolute atomic E-state index is 0.901. The Kier molecular flexibility index (Phi) is 1.96. The maximum absolute atomic E-state index is 5.91. The van der Waals surface area contributed by atoms with E-state index in [0.717, 1.165) is 34.6 Å². The first-order valence-electron chi connectivity index (χ1n) is 5.57. The van der Waals surface area contributed by atoms with E-state index in [4.69, 9.17) is 4.74 Å². The second-order valence-electron chi connectivity index (χ2n) is 4.02. The average Bonchev–Trinajstić information content (AvgIpc) is 2.33. The monoisotopic (exact) mass is 211 g/mol. The van der Waals surface area contributed by atoms with Gasteiger partial charge in [0.25, 0.3) is 0 Å². The van der Waals surface area contributed by atoms with E-state index in [1.807, 2.05) is 24.4 Å². The van der Waals surface area contributed by atoms with Crippen LogP contribution in [0.5, 0.6) is 5.75 Å². The lowest BCUT2D eigenvalue weighted by Gasteiger charge is -2.20. The fourth-order valence-corrected chi connectivity index (χ4v) is 2.25. The van der Waals surface area contributed by atoms with Gasteiger partial charge in [-0.15, -0.1) is 0 Å². The van der Waals surface area contributed by atoms with Gasteiger partial charge < -0.3 is 4.74 Å². The molecule has 16 heavy (non-hydrogen) atoms. The zero-order valence-corrected chi connectivity index (χ0v) is 9.45. The zero-order valence-electron chi connectivity index (χ0n) is 9.45. The minimum Gasteiger partial charge on any atom is -0.461 e. The standard InChI is InChI=1S/C14H13NO/c1-3-11-9(2)14-13-10(7-8-15-14)5-4-6-12(13)16-11/h4-8H,3H2,1-2H3. The van der Waals surface area contributed by atoms with Gasteiger partial charge in [0, 0.05) is 18.2 Å². The molecule has 0 aliphatic carbocycles. The minimum atomic E-state index is 0.901. The molecule has 1 aromatic carbocycles. The summed E-state index contributed by atoms with van der Waals surface area (Å²) >= 11 is 0. The smallest absolute Gasteiger partial charge is 0.136 e. The van der Waals surface area contributed by atoms with Crippen molar-refractivity contribution in [2.24, 2.45) is 0 Å². The molecule has 0 amide bonds. The number of allylic oxidation sites excluding steroid dienone is 2. The van der Waals surface area contributed by atoms with Gasteiger partial charge in [-0.25, -0.2) is 0 Å². The predicted molar refractivity (Wildman–Crippen MR) is 65.3 cm³/mol. The molecular formula is C14H13NO. The molecule has 80 valence electrons. The molecule has 0 radical (unpaired) electrons. The number of hydrogen-bond acceptors (Lipinski definition) is 2. The molecule has 0 saturated heterocycles. The van der Waals surface area contributed by atoms with Crippen molar-refractivity contribution in [3.05, 3.63) is 41.9 Å². The molecule has 0 spiro atoms. The normalized spacial score (nSPS) is 14.1. The van der Waals surface area contributed by atoms with Gasteiger partial charge in [-0.1, -0.05) is 19.1 Å². The Morgan fingerprint density at radius 3 is 2.94 bits per heavy atom. The van der Waals surface area contributed by atoms with Crippen LogP contribution in [0.25, 0.3) is 16.3 Å². The van der Waals surface area contributed by atoms with E-state index in [-0.39, 0.29) is 0 Å². The second-order valence-corrected chi connectivity index (χ2v) is 4.02. The van der Waals surface area contributed by atoms with E-state index >= 15 is 0 Å². The summed E-state index contributed by atoms with van der Waals surface area (Å²) in [7, 11) is 0.